The Morgan fingerprint density at radius 1 is 0.443 bits per heavy atom. The SMILES string of the molecule is CCCCCCC/C=C\C/C=C\CCCCCCCCCCCCCCCCCCCCCCCC(=O)NC(COP(=O)([O-])OCC[N+](C)(C)C)C(O)/C=C/CCCCCCCCCCCCCCCCCCCCCCCC. The number of amides is 1. The Bertz CT molecular complexity index is 1380. The number of likely N-dealkylation sites (N-methyl/N-ethyl adjacent to an activating group) is 1. The van der Waals surface area contributed by atoms with Crippen LogP contribution in [0.15, 0.2) is 36.5 Å². The molecule has 0 aliphatic carbocycles. The summed E-state index contributed by atoms with van der Waals surface area (Å²) < 4.78 is 23.5. The Balaban J connectivity index is 4.02. The van der Waals surface area contributed by atoms with E-state index in [1.165, 1.54) is 289 Å². The Morgan fingerprint density at radius 3 is 1.05 bits per heavy atom. The largest absolute Gasteiger partial charge is 0.756 e. The van der Waals surface area contributed by atoms with Gasteiger partial charge in [0.1, 0.15) is 13.2 Å². The Hall–Kier alpha value is -1.28. The highest BCUT2D eigenvalue weighted by atomic mass is 31.2. The topological polar surface area (TPSA) is 108 Å². The number of aliphatic hydroxyl groups is 1. The van der Waals surface area contributed by atoms with Crippen LogP contribution in [0, 0.1) is 0 Å². The molecule has 0 saturated heterocycles. The van der Waals surface area contributed by atoms with E-state index >= 15 is 0 Å². The minimum atomic E-state index is -4.60. The van der Waals surface area contributed by atoms with Gasteiger partial charge in [-0.1, -0.05) is 333 Å². The first-order chi connectivity index (χ1) is 38.5. The van der Waals surface area contributed by atoms with Crippen LogP contribution in [-0.2, 0) is 18.4 Å². The fraction of sp³-hybridized carbons (Fsp3) is 0.900. The van der Waals surface area contributed by atoms with Crippen LogP contribution < -0.4 is 10.2 Å². The van der Waals surface area contributed by atoms with E-state index in [0.717, 1.165) is 44.9 Å². The molecule has 2 N–H and O–H groups in total. The van der Waals surface area contributed by atoms with E-state index in [4.69, 9.17) is 9.05 Å². The van der Waals surface area contributed by atoms with Crippen LogP contribution in [-0.4, -0.2) is 68.5 Å². The zero-order valence-electron chi connectivity index (χ0n) is 53.6. The third-order valence-electron chi connectivity index (χ3n) is 16.1. The standard InChI is InChI=1S/C70H137N2O6P/c1-6-8-10-12-14-16-18-20-22-24-26-28-30-32-33-34-35-36-37-38-39-40-42-44-46-48-50-52-54-56-58-60-62-64-70(74)71-68(67-78-79(75,76)77-66-65-72(3,4)5)69(73)63-61-59-57-55-53-51-49-47-45-43-41-31-29-27-25-23-21-19-17-15-13-11-9-7-2/h18,20,24,26,61,63,68-69,73H,6-17,19,21-23,25,27-60,62,64-67H2,1-5H3,(H-,71,74,75,76)/b20-18-,26-24-,63-61+. The molecule has 0 aliphatic rings. The van der Waals surface area contributed by atoms with Gasteiger partial charge < -0.3 is 28.8 Å². The lowest BCUT2D eigenvalue weighted by molar-refractivity contribution is -0.870. The average molecular weight is 1130 g/mol. The Labute approximate surface area is 493 Å². The maximum atomic E-state index is 13.0. The molecule has 0 rings (SSSR count). The van der Waals surface area contributed by atoms with Crippen molar-refractivity contribution in [3.8, 4) is 0 Å². The van der Waals surface area contributed by atoms with Gasteiger partial charge in [0.25, 0.3) is 7.82 Å². The molecule has 79 heavy (non-hydrogen) atoms. The van der Waals surface area contributed by atoms with E-state index in [1.54, 1.807) is 6.08 Å². The number of nitrogens with zero attached hydrogens (tertiary/aromatic N) is 1. The highest BCUT2D eigenvalue weighted by molar-refractivity contribution is 7.45. The zero-order chi connectivity index (χ0) is 57.7. The quantitative estimate of drug-likeness (QED) is 0.0272. The predicted molar refractivity (Wildman–Crippen MR) is 344 cm³/mol. The first kappa shape index (κ1) is 77.7. The summed E-state index contributed by atoms with van der Waals surface area (Å²) in [5, 5.41) is 14.0. The van der Waals surface area contributed by atoms with Crippen molar-refractivity contribution >= 4 is 13.7 Å². The van der Waals surface area contributed by atoms with Crippen molar-refractivity contribution in [2.24, 2.45) is 0 Å². The first-order valence-corrected chi connectivity index (χ1v) is 36.3. The van der Waals surface area contributed by atoms with Gasteiger partial charge in [-0.25, -0.2) is 0 Å². The van der Waals surface area contributed by atoms with Crippen LogP contribution in [0.1, 0.15) is 354 Å². The number of nitrogens with one attached hydrogen (secondary N) is 1. The Kier molecular flexibility index (Phi) is 60.3. The van der Waals surface area contributed by atoms with Gasteiger partial charge in [0.2, 0.25) is 5.91 Å². The summed E-state index contributed by atoms with van der Waals surface area (Å²) in [6.45, 7) is 4.70. The molecule has 0 aliphatic heterocycles. The van der Waals surface area contributed by atoms with Crippen LogP contribution in [0.5, 0.6) is 0 Å². The second-order valence-electron chi connectivity index (χ2n) is 25.2. The minimum Gasteiger partial charge on any atom is -0.756 e. The summed E-state index contributed by atoms with van der Waals surface area (Å²) in [5.41, 5.74) is 0. The van der Waals surface area contributed by atoms with E-state index in [2.05, 4.69) is 43.5 Å². The Morgan fingerprint density at radius 2 is 0.734 bits per heavy atom. The van der Waals surface area contributed by atoms with Crippen molar-refractivity contribution in [2.75, 3.05) is 40.9 Å². The van der Waals surface area contributed by atoms with Crippen LogP contribution in [0.3, 0.4) is 0 Å². The number of phosphoric ester groups is 1. The van der Waals surface area contributed by atoms with Crippen LogP contribution >= 0.6 is 7.82 Å². The number of hydrogen-bond donors (Lipinski definition) is 2. The van der Waals surface area contributed by atoms with Crippen LogP contribution in [0.25, 0.3) is 0 Å². The molecule has 0 spiro atoms. The molecule has 468 valence electrons. The predicted octanol–water partition coefficient (Wildman–Crippen LogP) is 21.4. The molecule has 0 radical (unpaired) electrons. The number of quaternary nitrogens is 1. The number of aliphatic hydroxyl groups excluding tert-OH is 1. The van der Waals surface area contributed by atoms with Crippen molar-refractivity contribution in [3.05, 3.63) is 36.5 Å². The van der Waals surface area contributed by atoms with Crippen molar-refractivity contribution in [2.45, 2.75) is 366 Å². The lowest BCUT2D eigenvalue weighted by Crippen LogP contribution is -2.45. The summed E-state index contributed by atoms with van der Waals surface area (Å²) in [6.07, 6.45) is 81.2. The van der Waals surface area contributed by atoms with Gasteiger partial charge in [-0.15, -0.1) is 0 Å². The van der Waals surface area contributed by atoms with Crippen molar-refractivity contribution in [1.29, 1.82) is 0 Å². The van der Waals surface area contributed by atoms with Gasteiger partial charge in [0.05, 0.1) is 39.9 Å². The van der Waals surface area contributed by atoms with Gasteiger partial charge in [0.15, 0.2) is 0 Å². The molecule has 0 aromatic rings. The summed E-state index contributed by atoms with van der Waals surface area (Å²) in [6, 6.07) is -0.886. The molecular formula is C70H137N2O6P. The van der Waals surface area contributed by atoms with E-state index in [1.807, 2.05) is 27.2 Å². The van der Waals surface area contributed by atoms with Crippen molar-refractivity contribution < 1.29 is 32.9 Å². The molecule has 8 nitrogen and oxygen atoms in total. The molecule has 0 bridgehead atoms. The minimum absolute atomic E-state index is 0.00126. The van der Waals surface area contributed by atoms with Gasteiger partial charge in [-0.3, -0.25) is 9.36 Å². The number of hydrogen-bond acceptors (Lipinski definition) is 6. The highest BCUT2D eigenvalue weighted by Crippen LogP contribution is 2.38. The molecule has 1 amide bonds. The van der Waals surface area contributed by atoms with Gasteiger partial charge in [0, 0.05) is 6.42 Å². The number of unbranched alkanes of at least 4 members (excludes halogenated alkanes) is 48. The summed E-state index contributed by atoms with van der Waals surface area (Å²) in [4.78, 5) is 25.6. The van der Waals surface area contributed by atoms with Crippen LogP contribution in [0.4, 0.5) is 0 Å². The van der Waals surface area contributed by atoms with Gasteiger partial charge in [-0.05, 0) is 51.4 Å². The van der Waals surface area contributed by atoms with E-state index < -0.39 is 20.0 Å². The summed E-state index contributed by atoms with van der Waals surface area (Å²) in [7, 11) is 1.28. The normalized spacial score (nSPS) is 13.9. The first-order valence-electron chi connectivity index (χ1n) is 34.9. The van der Waals surface area contributed by atoms with Gasteiger partial charge >= 0.3 is 0 Å². The van der Waals surface area contributed by atoms with Crippen molar-refractivity contribution in [1.82, 2.24) is 5.32 Å². The average Bonchev–Trinajstić information content (AvgIpc) is 3.42. The molecule has 3 atom stereocenters. The van der Waals surface area contributed by atoms with E-state index in [0.29, 0.717) is 17.4 Å². The van der Waals surface area contributed by atoms with Gasteiger partial charge in [-0.2, -0.15) is 0 Å². The fourth-order valence-corrected chi connectivity index (χ4v) is 11.4. The molecule has 0 aromatic heterocycles. The third kappa shape index (κ3) is 64.1. The van der Waals surface area contributed by atoms with Crippen molar-refractivity contribution in [3.63, 3.8) is 0 Å². The molecular weight excluding hydrogens is 996 g/mol. The molecule has 0 aromatic carbocycles. The zero-order valence-corrected chi connectivity index (χ0v) is 54.5. The van der Waals surface area contributed by atoms with E-state index in [-0.39, 0.29) is 19.1 Å². The second-order valence-corrected chi connectivity index (χ2v) is 26.7. The maximum Gasteiger partial charge on any atom is 0.268 e. The third-order valence-corrected chi connectivity index (χ3v) is 17.1. The molecule has 0 heterocycles. The monoisotopic (exact) mass is 1130 g/mol. The molecule has 9 heteroatoms. The lowest BCUT2D eigenvalue weighted by atomic mass is 10.0. The number of rotatable bonds is 65. The summed E-state index contributed by atoms with van der Waals surface area (Å²) >= 11 is 0. The maximum absolute atomic E-state index is 13.0. The molecule has 3 unspecified atom stereocenters. The molecule has 0 fully saturated rings. The summed E-state index contributed by atoms with van der Waals surface area (Å²) in [5.74, 6) is -0.190. The van der Waals surface area contributed by atoms with Crippen LogP contribution in [0.2, 0.25) is 0 Å². The number of carbonyl (C=O) groups is 1. The fourth-order valence-electron chi connectivity index (χ4n) is 10.7. The lowest BCUT2D eigenvalue weighted by Gasteiger charge is -2.29. The highest BCUT2D eigenvalue weighted by Gasteiger charge is 2.23. The number of carbonyl (C=O) groups excluding carboxylic acids is 1. The smallest absolute Gasteiger partial charge is 0.268 e. The number of allylic oxidation sites excluding steroid dienone is 5. The number of phosphoric acid groups is 1. The second kappa shape index (κ2) is 61.3. The molecule has 0 saturated carbocycles. The van der Waals surface area contributed by atoms with E-state index in [9.17, 15) is 19.4 Å².